The highest BCUT2D eigenvalue weighted by molar-refractivity contribution is 5.93. The molecule has 0 aromatic carbocycles. The second kappa shape index (κ2) is 5.85. The van der Waals surface area contributed by atoms with E-state index in [9.17, 15) is 4.79 Å². The van der Waals surface area contributed by atoms with Crippen LogP contribution in [-0.2, 0) is 0 Å². The first-order valence-corrected chi connectivity index (χ1v) is 6.72. The third kappa shape index (κ3) is 3.00. The van der Waals surface area contributed by atoms with Gasteiger partial charge in [0.15, 0.2) is 0 Å². The topological polar surface area (TPSA) is 45.2 Å². The summed E-state index contributed by atoms with van der Waals surface area (Å²) >= 11 is 0. The number of hydrogen-bond acceptors (Lipinski definition) is 3. The predicted octanol–water partition coefficient (Wildman–Crippen LogP) is 2.53. The van der Waals surface area contributed by atoms with E-state index >= 15 is 0 Å². The molecule has 4 nitrogen and oxygen atoms in total. The van der Waals surface area contributed by atoms with Crippen molar-refractivity contribution in [3.05, 3.63) is 23.9 Å². The van der Waals surface area contributed by atoms with Crippen molar-refractivity contribution in [2.75, 3.05) is 18.9 Å². The monoisotopic (exact) mass is 247 g/mol. The molecular weight excluding hydrogens is 226 g/mol. The van der Waals surface area contributed by atoms with E-state index in [-0.39, 0.29) is 5.91 Å². The van der Waals surface area contributed by atoms with Gasteiger partial charge in [0, 0.05) is 19.6 Å². The maximum Gasteiger partial charge on any atom is 0.272 e. The Hall–Kier alpha value is -1.58. The zero-order valence-corrected chi connectivity index (χ0v) is 11.1. The Bertz CT molecular complexity index is 415. The molecule has 0 bridgehead atoms. The molecule has 98 valence electrons. The lowest BCUT2D eigenvalue weighted by atomic mass is 10.2. The van der Waals surface area contributed by atoms with Crippen molar-refractivity contribution in [2.45, 2.75) is 38.6 Å². The number of nitrogens with one attached hydrogen (secondary N) is 1. The van der Waals surface area contributed by atoms with Crippen molar-refractivity contribution < 1.29 is 4.79 Å². The van der Waals surface area contributed by atoms with Gasteiger partial charge in [-0.1, -0.05) is 19.4 Å². The average molecular weight is 247 g/mol. The molecule has 1 fully saturated rings. The molecule has 1 N–H and O–H groups in total. The highest BCUT2D eigenvalue weighted by Crippen LogP contribution is 2.28. The molecule has 1 aliphatic rings. The Morgan fingerprint density at radius 1 is 1.50 bits per heavy atom. The van der Waals surface area contributed by atoms with Gasteiger partial charge in [0.25, 0.3) is 5.91 Å². The van der Waals surface area contributed by atoms with Gasteiger partial charge >= 0.3 is 0 Å². The zero-order valence-electron chi connectivity index (χ0n) is 11.1. The highest BCUT2D eigenvalue weighted by Gasteiger charge is 2.33. The molecule has 4 heteroatoms. The van der Waals surface area contributed by atoms with E-state index in [1.54, 1.807) is 6.07 Å². The van der Waals surface area contributed by atoms with Gasteiger partial charge in [0.1, 0.15) is 11.5 Å². The molecule has 1 aromatic heterocycles. The molecule has 1 heterocycles. The van der Waals surface area contributed by atoms with Gasteiger partial charge in [-0.05, 0) is 31.4 Å². The van der Waals surface area contributed by atoms with Gasteiger partial charge in [-0.3, -0.25) is 4.79 Å². The van der Waals surface area contributed by atoms with E-state index in [1.165, 1.54) is 0 Å². The lowest BCUT2D eigenvalue weighted by Crippen LogP contribution is -2.34. The Balaban J connectivity index is 2.11. The molecule has 0 atom stereocenters. The standard InChI is InChI=1S/C14H21N3O/c1-3-4-10-17(11-8-9-11)14(18)12-6-5-7-13(15-2)16-12/h5-7,11H,3-4,8-10H2,1-2H3,(H,15,16). The van der Waals surface area contributed by atoms with Crippen LogP contribution in [0.25, 0.3) is 0 Å². The molecule has 1 aromatic rings. The molecule has 1 aliphatic carbocycles. The molecule has 18 heavy (non-hydrogen) atoms. The summed E-state index contributed by atoms with van der Waals surface area (Å²) in [5.74, 6) is 0.815. The Morgan fingerprint density at radius 3 is 2.89 bits per heavy atom. The highest BCUT2D eigenvalue weighted by atomic mass is 16.2. The summed E-state index contributed by atoms with van der Waals surface area (Å²) in [7, 11) is 1.81. The number of amides is 1. The fraction of sp³-hybridized carbons (Fsp3) is 0.571. The molecule has 0 aliphatic heterocycles. The number of aromatic nitrogens is 1. The minimum atomic E-state index is 0.0723. The molecule has 0 unspecified atom stereocenters. The maximum absolute atomic E-state index is 12.4. The zero-order chi connectivity index (χ0) is 13.0. The number of nitrogens with zero attached hydrogens (tertiary/aromatic N) is 2. The fourth-order valence-corrected chi connectivity index (χ4v) is 2.00. The second-order valence-corrected chi connectivity index (χ2v) is 4.74. The van der Waals surface area contributed by atoms with Crippen LogP contribution in [0.4, 0.5) is 5.82 Å². The first-order chi connectivity index (χ1) is 8.76. The van der Waals surface area contributed by atoms with E-state index in [1.807, 2.05) is 24.1 Å². The van der Waals surface area contributed by atoms with Crippen molar-refractivity contribution in [2.24, 2.45) is 0 Å². The molecular formula is C14H21N3O. The summed E-state index contributed by atoms with van der Waals surface area (Å²) < 4.78 is 0. The summed E-state index contributed by atoms with van der Waals surface area (Å²) in [5.41, 5.74) is 0.546. The molecule has 2 rings (SSSR count). The third-order valence-electron chi connectivity index (χ3n) is 3.23. The number of carbonyl (C=O) groups excluding carboxylic acids is 1. The minimum absolute atomic E-state index is 0.0723. The Kier molecular flexibility index (Phi) is 4.18. The van der Waals surface area contributed by atoms with Crippen LogP contribution < -0.4 is 5.32 Å². The molecule has 0 spiro atoms. The van der Waals surface area contributed by atoms with E-state index in [4.69, 9.17) is 0 Å². The third-order valence-corrected chi connectivity index (χ3v) is 3.23. The first kappa shape index (κ1) is 12.9. The van der Waals surface area contributed by atoms with Crippen molar-refractivity contribution in [3.8, 4) is 0 Å². The summed E-state index contributed by atoms with van der Waals surface area (Å²) in [6.45, 7) is 3.00. The van der Waals surface area contributed by atoms with Crippen molar-refractivity contribution in [3.63, 3.8) is 0 Å². The second-order valence-electron chi connectivity index (χ2n) is 4.74. The van der Waals surface area contributed by atoms with Crippen LogP contribution in [0.5, 0.6) is 0 Å². The van der Waals surface area contributed by atoms with Crippen LogP contribution in [0.1, 0.15) is 43.1 Å². The van der Waals surface area contributed by atoms with E-state index in [0.717, 1.165) is 38.0 Å². The summed E-state index contributed by atoms with van der Waals surface area (Å²) in [4.78, 5) is 18.8. The molecule has 1 saturated carbocycles. The number of pyridine rings is 1. The normalized spacial score (nSPS) is 14.3. The van der Waals surface area contributed by atoms with Gasteiger partial charge in [-0.25, -0.2) is 4.98 Å². The van der Waals surface area contributed by atoms with Crippen LogP contribution >= 0.6 is 0 Å². The average Bonchev–Trinajstić information content (AvgIpc) is 3.23. The van der Waals surface area contributed by atoms with Crippen LogP contribution in [0, 0.1) is 0 Å². The number of anilines is 1. The van der Waals surface area contributed by atoms with Gasteiger partial charge in [0.05, 0.1) is 0 Å². The van der Waals surface area contributed by atoms with Crippen LogP contribution in [0.3, 0.4) is 0 Å². The summed E-state index contributed by atoms with van der Waals surface area (Å²) in [5, 5.41) is 2.97. The molecule has 0 radical (unpaired) electrons. The van der Waals surface area contributed by atoms with Crippen molar-refractivity contribution in [1.82, 2.24) is 9.88 Å². The van der Waals surface area contributed by atoms with E-state index in [2.05, 4.69) is 17.2 Å². The largest absolute Gasteiger partial charge is 0.373 e. The summed E-state index contributed by atoms with van der Waals surface area (Å²) in [6.07, 6.45) is 4.46. The number of rotatable bonds is 6. The first-order valence-electron chi connectivity index (χ1n) is 6.72. The van der Waals surface area contributed by atoms with Gasteiger partial charge in [-0.2, -0.15) is 0 Å². The van der Waals surface area contributed by atoms with Crippen molar-refractivity contribution in [1.29, 1.82) is 0 Å². The van der Waals surface area contributed by atoms with Crippen LogP contribution in [-0.4, -0.2) is 35.4 Å². The smallest absolute Gasteiger partial charge is 0.272 e. The molecule has 0 saturated heterocycles. The van der Waals surface area contributed by atoms with Crippen LogP contribution in [0.2, 0.25) is 0 Å². The van der Waals surface area contributed by atoms with Gasteiger partial charge < -0.3 is 10.2 Å². The number of hydrogen-bond donors (Lipinski definition) is 1. The summed E-state index contributed by atoms with van der Waals surface area (Å²) in [6, 6.07) is 5.98. The van der Waals surface area contributed by atoms with Crippen LogP contribution in [0.15, 0.2) is 18.2 Å². The van der Waals surface area contributed by atoms with Gasteiger partial charge in [-0.15, -0.1) is 0 Å². The Labute approximate surface area is 108 Å². The predicted molar refractivity (Wildman–Crippen MR) is 72.8 cm³/mol. The lowest BCUT2D eigenvalue weighted by Gasteiger charge is -2.21. The maximum atomic E-state index is 12.4. The van der Waals surface area contributed by atoms with E-state index < -0.39 is 0 Å². The number of carbonyl (C=O) groups is 1. The van der Waals surface area contributed by atoms with Crippen molar-refractivity contribution >= 4 is 11.7 Å². The fourth-order valence-electron chi connectivity index (χ4n) is 2.00. The Morgan fingerprint density at radius 2 is 2.28 bits per heavy atom. The lowest BCUT2D eigenvalue weighted by molar-refractivity contribution is 0.0735. The number of unbranched alkanes of at least 4 members (excludes halogenated alkanes) is 1. The SMILES string of the molecule is CCCCN(C(=O)c1cccc(NC)n1)C1CC1. The minimum Gasteiger partial charge on any atom is -0.373 e. The van der Waals surface area contributed by atoms with E-state index in [0.29, 0.717) is 11.7 Å². The van der Waals surface area contributed by atoms with Gasteiger partial charge in [0.2, 0.25) is 0 Å². The molecule has 1 amide bonds. The quantitative estimate of drug-likeness (QED) is 0.840.